The molecule has 1 fully saturated rings. The highest BCUT2D eigenvalue weighted by Crippen LogP contribution is 2.41. The number of nitrogens with one attached hydrogen (secondary N) is 2. The number of nitrogens with zero attached hydrogens (tertiary/aromatic N) is 3. The van der Waals surface area contributed by atoms with Gasteiger partial charge in [-0.3, -0.25) is 14.5 Å². The second kappa shape index (κ2) is 11.6. The zero-order chi connectivity index (χ0) is 28.2. The average molecular weight is 566 g/mol. The van der Waals surface area contributed by atoms with Crippen molar-refractivity contribution < 1.29 is 28.0 Å². The first kappa shape index (κ1) is 27.5. The maximum atomic E-state index is 13.1. The molecule has 2 heterocycles. The number of carboxylic acid groups (broad SMARTS) is 1. The van der Waals surface area contributed by atoms with Crippen LogP contribution < -0.4 is 10.0 Å². The van der Waals surface area contributed by atoms with Crippen LogP contribution in [0.5, 0.6) is 0 Å². The summed E-state index contributed by atoms with van der Waals surface area (Å²) >= 11 is 0. The highest BCUT2D eigenvalue weighted by molar-refractivity contribution is 7.89. The smallest absolute Gasteiger partial charge is 0.323 e. The van der Waals surface area contributed by atoms with Crippen LogP contribution >= 0.6 is 0 Å². The maximum Gasteiger partial charge on any atom is 0.323 e. The van der Waals surface area contributed by atoms with Gasteiger partial charge in [0.05, 0.1) is 17.9 Å². The van der Waals surface area contributed by atoms with Gasteiger partial charge in [-0.05, 0) is 66.6 Å². The highest BCUT2D eigenvalue weighted by Gasteiger charge is 2.44. The molecule has 1 aromatic heterocycles. The topological polar surface area (TPSA) is 150 Å². The van der Waals surface area contributed by atoms with Gasteiger partial charge in [0.2, 0.25) is 16.4 Å². The van der Waals surface area contributed by atoms with E-state index >= 15 is 0 Å². The first-order valence-electron chi connectivity index (χ1n) is 13.1. The van der Waals surface area contributed by atoms with Gasteiger partial charge in [0.25, 0.3) is 0 Å². The number of fused-ring (bicyclic) bond motifs is 1. The minimum Gasteiger partial charge on any atom is -0.480 e. The lowest BCUT2D eigenvalue weighted by molar-refractivity contribution is -0.139. The largest absolute Gasteiger partial charge is 0.480 e. The Morgan fingerprint density at radius 1 is 1.12 bits per heavy atom. The Labute approximate surface area is 232 Å². The van der Waals surface area contributed by atoms with Crippen LogP contribution in [-0.2, 0) is 24.4 Å². The predicted molar refractivity (Wildman–Crippen MR) is 149 cm³/mol. The number of aliphatic carboxylic acids is 1. The third kappa shape index (κ3) is 6.23. The van der Waals surface area contributed by atoms with Gasteiger partial charge in [-0.25, -0.2) is 13.4 Å². The molecule has 3 aromatic rings. The van der Waals surface area contributed by atoms with Crippen molar-refractivity contribution in [3.63, 3.8) is 0 Å². The number of hydrogen-bond acceptors (Lipinski definition) is 8. The van der Waals surface area contributed by atoms with E-state index in [9.17, 15) is 23.1 Å². The van der Waals surface area contributed by atoms with Crippen LogP contribution in [0.15, 0.2) is 76.9 Å². The van der Waals surface area contributed by atoms with Gasteiger partial charge < -0.3 is 15.3 Å². The van der Waals surface area contributed by atoms with E-state index in [2.05, 4.69) is 20.2 Å². The van der Waals surface area contributed by atoms with Crippen molar-refractivity contribution in [1.29, 1.82) is 0 Å². The Morgan fingerprint density at radius 3 is 2.58 bits per heavy atom. The molecule has 210 valence electrons. The van der Waals surface area contributed by atoms with E-state index in [4.69, 9.17) is 4.84 Å². The van der Waals surface area contributed by atoms with Gasteiger partial charge in [0.15, 0.2) is 5.84 Å². The van der Waals surface area contributed by atoms with E-state index in [1.807, 2.05) is 30.3 Å². The summed E-state index contributed by atoms with van der Waals surface area (Å²) in [6, 6.07) is 15.9. The SMILES string of the molecule is O=CN(C[C@H](NS(=O)(=O)c1ccc2ccccc2c1)C(=O)O)C1=NOC2(CCC(CNc3ccccn3)CC2)C1. The zero-order valence-corrected chi connectivity index (χ0v) is 22.6. The number of carbonyl (C=O) groups is 2. The van der Waals surface area contributed by atoms with Crippen molar-refractivity contribution in [2.45, 2.75) is 48.6 Å². The second-order valence-corrected chi connectivity index (χ2v) is 12.0. The van der Waals surface area contributed by atoms with Crippen molar-refractivity contribution in [1.82, 2.24) is 14.6 Å². The molecule has 0 radical (unpaired) electrons. The number of oxime groups is 1. The molecule has 1 atom stereocenters. The van der Waals surface area contributed by atoms with Crippen LogP contribution in [0.4, 0.5) is 5.82 Å². The molecule has 1 spiro atoms. The fourth-order valence-electron chi connectivity index (χ4n) is 5.21. The molecule has 0 bridgehead atoms. The van der Waals surface area contributed by atoms with Gasteiger partial charge in [-0.1, -0.05) is 41.6 Å². The molecule has 2 aromatic carbocycles. The molecule has 1 aliphatic carbocycles. The minimum absolute atomic E-state index is 0.0649. The molecular weight excluding hydrogens is 534 g/mol. The highest BCUT2D eigenvalue weighted by atomic mass is 32.2. The quantitative estimate of drug-likeness (QED) is 0.317. The van der Waals surface area contributed by atoms with Gasteiger partial charge in [-0.2, -0.15) is 4.72 Å². The Balaban J connectivity index is 1.19. The van der Waals surface area contributed by atoms with Gasteiger partial charge >= 0.3 is 5.97 Å². The van der Waals surface area contributed by atoms with Crippen molar-refractivity contribution in [3.8, 4) is 0 Å². The number of sulfonamides is 1. The summed E-state index contributed by atoms with van der Waals surface area (Å²) in [4.78, 5) is 35.2. The monoisotopic (exact) mass is 565 g/mol. The summed E-state index contributed by atoms with van der Waals surface area (Å²) in [5.41, 5.74) is -0.554. The molecule has 1 amide bonds. The van der Waals surface area contributed by atoms with Gasteiger partial charge in [-0.15, -0.1) is 0 Å². The Hall–Kier alpha value is -4.03. The summed E-state index contributed by atoms with van der Waals surface area (Å²) in [6.45, 7) is 0.361. The fourth-order valence-corrected chi connectivity index (χ4v) is 6.43. The summed E-state index contributed by atoms with van der Waals surface area (Å²) in [7, 11) is -4.19. The third-order valence-corrected chi connectivity index (χ3v) is 9.01. The van der Waals surface area contributed by atoms with Crippen LogP contribution in [-0.4, -0.2) is 66.4 Å². The van der Waals surface area contributed by atoms with E-state index in [1.165, 1.54) is 12.1 Å². The van der Waals surface area contributed by atoms with Gasteiger partial charge in [0.1, 0.15) is 17.5 Å². The molecule has 11 nitrogen and oxygen atoms in total. The second-order valence-electron chi connectivity index (χ2n) is 10.3. The number of amidine groups is 1. The lowest BCUT2D eigenvalue weighted by Gasteiger charge is -2.35. The summed E-state index contributed by atoms with van der Waals surface area (Å²) in [5, 5.41) is 18.8. The lowest BCUT2D eigenvalue weighted by atomic mass is 9.77. The number of benzene rings is 2. The number of hydrogen-bond donors (Lipinski definition) is 3. The predicted octanol–water partition coefficient (Wildman–Crippen LogP) is 3.20. The number of amides is 1. The Kier molecular flexibility index (Phi) is 7.99. The molecule has 12 heteroatoms. The molecular formula is C28H31N5O6S. The van der Waals surface area contributed by atoms with Gasteiger partial charge in [0, 0.05) is 12.7 Å². The van der Waals surface area contributed by atoms with Crippen LogP contribution in [0, 0.1) is 5.92 Å². The summed E-state index contributed by atoms with van der Waals surface area (Å²) < 4.78 is 28.3. The number of aromatic nitrogens is 1. The Morgan fingerprint density at radius 2 is 1.88 bits per heavy atom. The summed E-state index contributed by atoms with van der Waals surface area (Å²) in [6.07, 6.45) is 5.81. The van der Waals surface area contributed by atoms with Crippen molar-refractivity contribution in [2.75, 3.05) is 18.4 Å². The van der Waals surface area contributed by atoms with E-state index in [0.717, 1.165) is 48.3 Å². The molecule has 2 aliphatic rings. The van der Waals surface area contributed by atoms with E-state index in [0.29, 0.717) is 24.1 Å². The van der Waals surface area contributed by atoms with E-state index in [-0.39, 0.29) is 10.7 Å². The fraction of sp³-hybridized carbons (Fsp3) is 0.357. The van der Waals surface area contributed by atoms with Crippen LogP contribution in [0.25, 0.3) is 10.8 Å². The number of rotatable bonds is 10. The molecule has 1 saturated carbocycles. The van der Waals surface area contributed by atoms with Crippen LogP contribution in [0.2, 0.25) is 0 Å². The normalized spacial score (nSPS) is 21.4. The van der Waals surface area contributed by atoms with Crippen molar-refractivity contribution in [2.24, 2.45) is 11.1 Å². The van der Waals surface area contributed by atoms with Crippen LogP contribution in [0.3, 0.4) is 0 Å². The molecule has 0 unspecified atom stereocenters. The molecule has 5 rings (SSSR count). The number of carboxylic acids is 1. The van der Waals surface area contributed by atoms with Crippen LogP contribution in [0.1, 0.15) is 32.1 Å². The average Bonchev–Trinajstić information content (AvgIpc) is 3.38. The standard InChI is InChI=1S/C28H31N5O6S/c34-19-33(18-24(27(35)36)32-40(37,38)23-9-8-21-5-1-2-6-22(21)15-23)26-16-28(39-31-26)12-10-20(11-13-28)17-30-25-7-3-4-14-29-25/h1-9,14-15,19-20,24,32H,10-13,16-18H2,(H,29,30)(H,35,36)/t20?,24-,28?/m0/s1. The third-order valence-electron chi connectivity index (χ3n) is 7.54. The molecule has 40 heavy (non-hydrogen) atoms. The Bertz CT molecular complexity index is 1510. The molecule has 3 N–H and O–H groups in total. The first-order valence-corrected chi connectivity index (χ1v) is 14.6. The van der Waals surface area contributed by atoms with E-state index in [1.54, 1.807) is 24.4 Å². The lowest BCUT2D eigenvalue weighted by Crippen LogP contribution is -2.50. The van der Waals surface area contributed by atoms with Crippen molar-refractivity contribution >= 4 is 44.8 Å². The zero-order valence-electron chi connectivity index (χ0n) is 21.8. The van der Waals surface area contributed by atoms with Crippen molar-refractivity contribution in [3.05, 3.63) is 66.9 Å². The molecule has 0 saturated heterocycles. The minimum atomic E-state index is -4.19. The number of anilines is 1. The van der Waals surface area contributed by atoms with E-state index < -0.39 is 34.2 Å². The molecule has 1 aliphatic heterocycles. The summed E-state index contributed by atoms with van der Waals surface area (Å²) in [5.74, 6) is 0.141. The number of pyridine rings is 1. The first-order chi connectivity index (χ1) is 19.3. The maximum absolute atomic E-state index is 13.1. The number of carbonyl (C=O) groups excluding carboxylic acids is 1.